The van der Waals surface area contributed by atoms with Gasteiger partial charge in [0.25, 0.3) is 5.91 Å². The van der Waals surface area contributed by atoms with E-state index in [0.717, 1.165) is 36.8 Å². The highest BCUT2D eigenvalue weighted by atomic mass is 16.5. The Morgan fingerprint density at radius 3 is 2.04 bits per heavy atom. The number of likely N-dealkylation sites (tertiary alicyclic amines) is 1. The van der Waals surface area contributed by atoms with Gasteiger partial charge in [0.2, 0.25) is 17.6 Å². The van der Waals surface area contributed by atoms with Crippen molar-refractivity contribution in [2.75, 3.05) is 13.2 Å². The number of fused-ring (bicyclic) bond motifs is 1. The number of hydrogen-bond donors (Lipinski definition) is 5. The van der Waals surface area contributed by atoms with Crippen molar-refractivity contribution in [2.24, 2.45) is 34.8 Å². The van der Waals surface area contributed by atoms with Crippen LogP contribution in [0.2, 0.25) is 0 Å². The zero-order valence-electron chi connectivity index (χ0n) is 32.0. The van der Waals surface area contributed by atoms with Crippen LogP contribution in [-0.2, 0) is 36.8 Å². The molecule has 13 heteroatoms. The monoisotopic (exact) mass is 724 g/mol. The van der Waals surface area contributed by atoms with E-state index in [-0.39, 0.29) is 36.3 Å². The first-order chi connectivity index (χ1) is 24.4. The van der Waals surface area contributed by atoms with Crippen LogP contribution >= 0.6 is 0 Å². The Bertz CT molecular complexity index is 1440. The summed E-state index contributed by atoms with van der Waals surface area (Å²) in [6, 6.07) is 3.72. The fourth-order valence-corrected chi connectivity index (χ4v) is 7.66. The molecule has 4 rings (SSSR count). The van der Waals surface area contributed by atoms with Gasteiger partial charge in [0, 0.05) is 12.6 Å². The lowest BCUT2D eigenvalue weighted by Gasteiger charge is -2.34. The number of urea groups is 1. The Morgan fingerprint density at radius 1 is 0.885 bits per heavy atom. The van der Waals surface area contributed by atoms with E-state index < -0.39 is 59.3 Å². The average molecular weight is 725 g/mol. The summed E-state index contributed by atoms with van der Waals surface area (Å²) in [5.74, 6) is -2.55. The Morgan fingerprint density at radius 2 is 1.52 bits per heavy atom. The van der Waals surface area contributed by atoms with Crippen molar-refractivity contribution in [3.05, 3.63) is 35.4 Å². The highest BCUT2D eigenvalue weighted by Crippen LogP contribution is 2.34. The van der Waals surface area contributed by atoms with Crippen LogP contribution in [0.1, 0.15) is 98.1 Å². The fourth-order valence-electron chi connectivity index (χ4n) is 7.66. The predicted octanol–water partition coefficient (Wildman–Crippen LogP) is 3.61. The molecule has 13 nitrogen and oxygen atoms in total. The summed E-state index contributed by atoms with van der Waals surface area (Å²) in [4.78, 5) is 81.3. The van der Waals surface area contributed by atoms with Crippen molar-refractivity contribution in [1.29, 1.82) is 0 Å². The molecule has 52 heavy (non-hydrogen) atoms. The molecule has 1 heterocycles. The largest absolute Gasteiger partial charge is 0.447 e. The SMILES string of the molecule is CC(C)C[C@@H]1CC(C(=O)NC(CC2CCC2)C(=O)C(N)=O)N(C(=O)C(NC(=O)NC(COC(=O)NC(C)C)C(C)(C)C)C2Cc3ccccc3C2)C1. The van der Waals surface area contributed by atoms with Gasteiger partial charge in [-0.15, -0.1) is 0 Å². The number of ketones is 1. The van der Waals surface area contributed by atoms with E-state index in [0.29, 0.717) is 38.1 Å². The summed E-state index contributed by atoms with van der Waals surface area (Å²) in [6.07, 6.45) is 4.88. The molecule has 2 aliphatic carbocycles. The van der Waals surface area contributed by atoms with Crippen LogP contribution in [0, 0.1) is 29.1 Å². The van der Waals surface area contributed by atoms with Crippen LogP contribution < -0.4 is 27.0 Å². The molecular formula is C39H60N6O7. The van der Waals surface area contributed by atoms with Gasteiger partial charge < -0.3 is 36.6 Å². The molecule has 1 aliphatic heterocycles. The van der Waals surface area contributed by atoms with Gasteiger partial charge in [0.15, 0.2) is 0 Å². The predicted molar refractivity (Wildman–Crippen MR) is 197 cm³/mol. The lowest BCUT2D eigenvalue weighted by atomic mass is 9.80. The number of rotatable bonds is 15. The Kier molecular flexibility index (Phi) is 13.7. The standard InChI is InChI=1S/C39H60N6O7/c1-22(2)15-25-17-30(35(48)42-29(33(46)34(40)47)16-24-11-10-12-24)45(20-25)36(49)32(28-18-26-13-8-9-14-27(26)19-28)44-37(50)43-31(39(5,6)7)21-52-38(51)41-23(3)4/h8-9,13-14,22-25,28-32H,10-12,15-21H2,1-7H3,(H2,40,47)(H,41,51)(H,42,48)(H2,43,44,50)/t25-,29?,30?,31?,32?/m1/s1. The number of nitrogens with one attached hydrogen (secondary N) is 4. The Labute approximate surface area is 308 Å². The van der Waals surface area contributed by atoms with Crippen molar-refractivity contribution in [3.63, 3.8) is 0 Å². The lowest BCUT2D eigenvalue weighted by molar-refractivity contribution is -0.143. The number of amides is 6. The van der Waals surface area contributed by atoms with Crippen LogP contribution in [-0.4, -0.2) is 83.9 Å². The second kappa shape index (κ2) is 17.6. The highest BCUT2D eigenvalue weighted by molar-refractivity contribution is 6.37. The quantitative estimate of drug-likeness (QED) is 0.171. The molecule has 0 bridgehead atoms. The van der Waals surface area contributed by atoms with Crippen LogP contribution in [0.5, 0.6) is 0 Å². The molecule has 0 spiro atoms. The molecule has 1 aromatic rings. The average Bonchev–Trinajstić information content (AvgIpc) is 3.65. The molecule has 1 saturated carbocycles. The first-order valence-electron chi connectivity index (χ1n) is 18.9. The number of Topliss-reactive ketones (excluding diaryl/α,β-unsaturated/α-hetero) is 1. The number of carbonyl (C=O) groups is 6. The minimum atomic E-state index is -1.10. The van der Waals surface area contributed by atoms with E-state index in [2.05, 4.69) is 35.1 Å². The number of ether oxygens (including phenoxy) is 1. The van der Waals surface area contributed by atoms with Gasteiger partial charge in [-0.2, -0.15) is 0 Å². The number of primary amides is 1. The molecule has 6 N–H and O–H groups in total. The van der Waals surface area contributed by atoms with E-state index in [1.807, 2.05) is 58.9 Å². The molecule has 0 radical (unpaired) electrons. The zero-order valence-corrected chi connectivity index (χ0v) is 32.0. The van der Waals surface area contributed by atoms with Crippen LogP contribution in [0.3, 0.4) is 0 Å². The Balaban J connectivity index is 1.59. The summed E-state index contributed by atoms with van der Waals surface area (Å²) in [5, 5.41) is 11.4. The van der Waals surface area contributed by atoms with E-state index in [9.17, 15) is 28.8 Å². The number of nitrogens with two attached hydrogens (primary N) is 1. The van der Waals surface area contributed by atoms with Gasteiger partial charge in [-0.1, -0.05) is 78.1 Å². The van der Waals surface area contributed by atoms with Crippen molar-refractivity contribution in [3.8, 4) is 0 Å². The third kappa shape index (κ3) is 10.9. The molecule has 6 amide bonds. The maximum atomic E-state index is 14.8. The summed E-state index contributed by atoms with van der Waals surface area (Å²) in [5.41, 5.74) is 7.08. The van der Waals surface area contributed by atoms with Crippen LogP contribution in [0.15, 0.2) is 24.3 Å². The van der Waals surface area contributed by atoms with Gasteiger partial charge in [-0.25, -0.2) is 9.59 Å². The van der Waals surface area contributed by atoms with E-state index in [4.69, 9.17) is 10.5 Å². The summed E-state index contributed by atoms with van der Waals surface area (Å²) in [7, 11) is 0. The highest BCUT2D eigenvalue weighted by Gasteiger charge is 2.46. The minimum absolute atomic E-state index is 0.0197. The second-order valence-electron chi connectivity index (χ2n) is 16.9. The van der Waals surface area contributed by atoms with Crippen molar-refractivity contribution < 1.29 is 33.5 Å². The zero-order chi connectivity index (χ0) is 38.3. The third-order valence-corrected chi connectivity index (χ3v) is 10.7. The topological polar surface area (TPSA) is 189 Å². The molecular weight excluding hydrogens is 664 g/mol. The smallest absolute Gasteiger partial charge is 0.407 e. The van der Waals surface area contributed by atoms with Crippen molar-refractivity contribution in [1.82, 2.24) is 26.2 Å². The van der Waals surface area contributed by atoms with Crippen LogP contribution in [0.25, 0.3) is 0 Å². The Hall–Kier alpha value is -4.16. The normalized spacial score (nSPS) is 20.8. The van der Waals surface area contributed by atoms with Crippen LogP contribution in [0.4, 0.5) is 9.59 Å². The fraction of sp³-hybridized carbons (Fsp3) is 0.692. The number of benzene rings is 1. The maximum Gasteiger partial charge on any atom is 0.407 e. The molecule has 0 aromatic heterocycles. The van der Waals surface area contributed by atoms with Crippen molar-refractivity contribution >= 4 is 35.6 Å². The maximum absolute atomic E-state index is 14.8. The number of nitrogens with zero attached hydrogens (tertiary/aromatic N) is 1. The van der Waals surface area contributed by atoms with Gasteiger partial charge in [0.05, 0.1) is 12.1 Å². The third-order valence-electron chi connectivity index (χ3n) is 10.7. The number of carbonyl (C=O) groups excluding carboxylic acids is 6. The summed E-state index contributed by atoms with van der Waals surface area (Å²) >= 11 is 0. The summed E-state index contributed by atoms with van der Waals surface area (Å²) < 4.78 is 5.43. The lowest BCUT2D eigenvalue weighted by Crippen LogP contribution is -2.60. The van der Waals surface area contributed by atoms with E-state index >= 15 is 0 Å². The molecule has 4 unspecified atom stereocenters. The van der Waals surface area contributed by atoms with Gasteiger partial charge in [0.1, 0.15) is 18.7 Å². The molecule has 3 aliphatic rings. The second-order valence-corrected chi connectivity index (χ2v) is 16.9. The number of alkyl carbamates (subject to hydrolysis) is 1. The number of hydrogen-bond acceptors (Lipinski definition) is 7. The van der Waals surface area contributed by atoms with E-state index in [1.54, 1.807) is 4.90 Å². The molecule has 1 saturated heterocycles. The summed E-state index contributed by atoms with van der Waals surface area (Å²) in [6.45, 7) is 13.8. The van der Waals surface area contributed by atoms with Gasteiger partial charge >= 0.3 is 12.1 Å². The molecule has 288 valence electrons. The van der Waals surface area contributed by atoms with Gasteiger partial charge in [-0.3, -0.25) is 19.2 Å². The van der Waals surface area contributed by atoms with Crippen molar-refractivity contribution in [2.45, 2.75) is 130 Å². The van der Waals surface area contributed by atoms with Gasteiger partial charge in [-0.05, 0) is 86.2 Å². The molecule has 2 fully saturated rings. The first-order valence-corrected chi connectivity index (χ1v) is 18.9. The first kappa shape index (κ1) is 40.6. The van der Waals surface area contributed by atoms with E-state index in [1.165, 1.54) is 0 Å². The molecule has 1 aromatic carbocycles. The molecule has 5 atom stereocenters. The minimum Gasteiger partial charge on any atom is -0.447 e.